The molecule has 0 bridgehead atoms. The van der Waals surface area contributed by atoms with Crippen LogP contribution in [0.3, 0.4) is 0 Å². The van der Waals surface area contributed by atoms with E-state index in [9.17, 15) is 9.59 Å². The van der Waals surface area contributed by atoms with Crippen molar-refractivity contribution in [2.45, 2.75) is 32.2 Å². The lowest BCUT2D eigenvalue weighted by Gasteiger charge is -2.21. The zero-order valence-corrected chi connectivity index (χ0v) is 9.19. The second-order valence-corrected chi connectivity index (χ2v) is 3.49. The Bertz CT molecular complexity index is 242. The molecule has 0 aliphatic carbocycles. The molecule has 15 heavy (non-hydrogen) atoms. The molecule has 0 aromatic rings. The number of esters is 1. The maximum atomic E-state index is 11.5. The highest BCUT2D eigenvalue weighted by atomic mass is 16.6. The summed E-state index contributed by atoms with van der Waals surface area (Å²) in [5, 5.41) is 0. The van der Waals surface area contributed by atoms with Gasteiger partial charge in [-0.25, -0.2) is 9.59 Å². The smallest absolute Gasteiger partial charge is 0.410 e. The van der Waals surface area contributed by atoms with E-state index < -0.39 is 12.1 Å². The lowest BCUT2D eigenvalue weighted by molar-refractivity contribution is -0.145. The number of methoxy groups -OCH3 is 1. The Hall–Kier alpha value is -1.26. The van der Waals surface area contributed by atoms with E-state index in [1.807, 2.05) is 6.92 Å². The van der Waals surface area contributed by atoms with Crippen molar-refractivity contribution in [1.29, 1.82) is 0 Å². The second-order valence-electron chi connectivity index (χ2n) is 3.49. The number of likely N-dealkylation sites (tertiary alicyclic amines) is 1. The normalized spacial score (nSPS) is 20.1. The zero-order chi connectivity index (χ0) is 11.3. The number of ether oxygens (including phenoxy) is 2. The van der Waals surface area contributed by atoms with Gasteiger partial charge in [0.1, 0.15) is 6.04 Å². The van der Waals surface area contributed by atoms with Crippen LogP contribution < -0.4 is 0 Å². The molecule has 5 heteroatoms. The monoisotopic (exact) mass is 215 g/mol. The van der Waals surface area contributed by atoms with E-state index in [2.05, 4.69) is 4.74 Å². The number of rotatable bonds is 3. The summed E-state index contributed by atoms with van der Waals surface area (Å²) >= 11 is 0. The highest BCUT2D eigenvalue weighted by Gasteiger charge is 2.35. The van der Waals surface area contributed by atoms with E-state index in [4.69, 9.17) is 4.74 Å². The van der Waals surface area contributed by atoms with Gasteiger partial charge in [-0.3, -0.25) is 4.90 Å². The van der Waals surface area contributed by atoms with E-state index in [0.29, 0.717) is 19.6 Å². The van der Waals surface area contributed by atoms with Crippen LogP contribution in [0.4, 0.5) is 4.79 Å². The fourth-order valence-corrected chi connectivity index (χ4v) is 1.64. The first kappa shape index (κ1) is 11.8. The van der Waals surface area contributed by atoms with E-state index in [0.717, 1.165) is 12.8 Å². The van der Waals surface area contributed by atoms with Gasteiger partial charge in [-0.1, -0.05) is 6.92 Å². The molecule has 5 nitrogen and oxygen atoms in total. The van der Waals surface area contributed by atoms with Crippen LogP contribution in [-0.2, 0) is 14.3 Å². The molecule has 0 N–H and O–H groups in total. The molecule has 1 aliphatic rings. The Labute approximate surface area is 89.3 Å². The predicted octanol–water partition coefficient (Wildman–Crippen LogP) is 1.17. The third kappa shape index (κ3) is 2.84. The topological polar surface area (TPSA) is 55.8 Å². The van der Waals surface area contributed by atoms with Crippen LogP contribution in [0.15, 0.2) is 0 Å². The lowest BCUT2D eigenvalue weighted by Crippen LogP contribution is -2.41. The highest BCUT2D eigenvalue weighted by molar-refractivity contribution is 5.81. The fraction of sp³-hybridized carbons (Fsp3) is 0.800. The number of amides is 1. The van der Waals surface area contributed by atoms with Gasteiger partial charge in [-0.05, 0) is 19.3 Å². The summed E-state index contributed by atoms with van der Waals surface area (Å²) in [4.78, 5) is 24.3. The molecule has 1 aliphatic heterocycles. The molecule has 1 rings (SSSR count). The van der Waals surface area contributed by atoms with Gasteiger partial charge < -0.3 is 9.47 Å². The SMILES string of the molecule is CCCOC(=O)N1CCC[C@H]1C(=O)OC. The summed E-state index contributed by atoms with van der Waals surface area (Å²) in [6, 6.07) is -0.459. The molecule has 0 radical (unpaired) electrons. The molecule has 0 aromatic carbocycles. The van der Waals surface area contributed by atoms with Crippen LogP contribution in [0.25, 0.3) is 0 Å². The van der Waals surface area contributed by atoms with Gasteiger partial charge in [0.2, 0.25) is 0 Å². The van der Waals surface area contributed by atoms with E-state index in [1.165, 1.54) is 12.0 Å². The van der Waals surface area contributed by atoms with Gasteiger partial charge in [0.05, 0.1) is 13.7 Å². The minimum Gasteiger partial charge on any atom is -0.467 e. The Kier molecular flexibility index (Phi) is 4.39. The number of hydrogen-bond acceptors (Lipinski definition) is 4. The predicted molar refractivity (Wildman–Crippen MR) is 53.4 cm³/mol. The minimum absolute atomic E-state index is 0.360. The Morgan fingerprint density at radius 1 is 1.47 bits per heavy atom. The first-order valence-electron chi connectivity index (χ1n) is 5.22. The summed E-state index contributed by atoms with van der Waals surface area (Å²) < 4.78 is 9.61. The molecular weight excluding hydrogens is 198 g/mol. The largest absolute Gasteiger partial charge is 0.467 e. The molecule has 86 valence electrons. The third-order valence-corrected chi connectivity index (χ3v) is 2.39. The van der Waals surface area contributed by atoms with Crippen molar-refractivity contribution in [1.82, 2.24) is 4.90 Å². The molecule has 1 atom stereocenters. The lowest BCUT2D eigenvalue weighted by atomic mass is 10.2. The molecule has 1 heterocycles. The molecule has 1 fully saturated rings. The second kappa shape index (κ2) is 5.58. The Morgan fingerprint density at radius 2 is 2.20 bits per heavy atom. The van der Waals surface area contributed by atoms with E-state index in [-0.39, 0.29) is 5.97 Å². The number of carbonyl (C=O) groups excluding carboxylic acids is 2. The van der Waals surface area contributed by atoms with Gasteiger partial charge in [-0.2, -0.15) is 0 Å². The van der Waals surface area contributed by atoms with Crippen molar-refractivity contribution in [3.8, 4) is 0 Å². The first-order chi connectivity index (χ1) is 7.20. The zero-order valence-electron chi connectivity index (χ0n) is 9.19. The van der Waals surface area contributed by atoms with Gasteiger partial charge in [0.15, 0.2) is 0 Å². The summed E-state index contributed by atoms with van der Waals surface area (Å²) in [5.41, 5.74) is 0. The van der Waals surface area contributed by atoms with Gasteiger partial charge >= 0.3 is 12.1 Å². The summed E-state index contributed by atoms with van der Waals surface area (Å²) in [6.07, 6.45) is 1.85. The van der Waals surface area contributed by atoms with Gasteiger partial charge in [-0.15, -0.1) is 0 Å². The highest BCUT2D eigenvalue weighted by Crippen LogP contribution is 2.19. The van der Waals surface area contributed by atoms with Crippen LogP contribution in [0.5, 0.6) is 0 Å². The number of hydrogen-bond donors (Lipinski definition) is 0. The molecule has 1 amide bonds. The molecule has 1 saturated heterocycles. The van der Waals surface area contributed by atoms with Crippen molar-refractivity contribution in [2.24, 2.45) is 0 Å². The number of carbonyl (C=O) groups is 2. The first-order valence-corrected chi connectivity index (χ1v) is 5.22. The van der Waals surface area contributed by atoms with Crippen molar-refractivity contribution >= 4 is 12.1 Å². The minimum atomic E-state index is -0.459. The van der Waals surface area contributed by atoms with Crippen molar-refractivity contribution in [2.75, 3.05) is 20.3 Å². The summed E-state index contributed by atoms with van der Waals surface area (Å²) in [5.74, 6) is -0.360. The number of nitrogens with zero attached hydrogens (tertiary/aromatic N) is 1. The summed E-state index contributed by atoms with van der Waals surface area (Å²) in [7, 11) is 1.33. The van der Waals surface area contributed by atoms with Crippen molar-refractivity contribution < 1.29 is 19.1 Å². The maximum Gasteiger partial charge on any atom is 0.410 e. The van der Waals surface area contributed by atoms with Gasteiger partial charge in [0, 0.05) is 6.54 Å². The van der Waals surface area contributed by atoms with Crippen LogP contribution in [0.1, 0.15) is 26.2 Å². The van der Waals surface area contributed by atoms with E-state index >= 15 is 0 Å². The average Bonchev–Trinajstić information content (AvgIpc) is 2.73. The molecule has 0 saturated carbocycles. The van der Waals surface area contributed by atoms with Crippen LogP contribution in [0.2, 0.25) is 0 Å². The molecule has 0 aromatic heterocycles. The summed E-state index contributed by atoms with van der Waals surface area (Å²) in [6.45, 7) is 2.89. The van der Waals surface area contributed by atoms with Crippen LogP contribution >= 0.6 is 0 Å². The molecular formula is C10H17NO4. The standard InChI is InChI=1S/C10H17NO4/c1-3-7-15-10(13)11-6-4-5-8(11)9(12)14-2/h8H,3-7H2,1-2H3/t8-/m0/s1. The Morgan fingerprint density at radius 3 is 2.80 bits per heavy atom. The van der Waals surface area contributed by atoms with Crippen molar-refractivity contribution in [3.63, 3.8) is 0 Å². The third-order valence-electron chi connectivity index (χ3n) is 2.39. The van der Waals surface area contributed by atoms with Crippen molar-refractivity contribution in [3.05, 3.63) is 0 Å². The maximum absolute atomic E-state index is 11.5. The van der Waals surface area contributed by atoms with E-state index in [1.54, 1.807) is 0 Å². The van der Waals surface area contributed by atoms with Crippen LogP contribution in [-0.4, -0.2) is 43.3 Å². The van der Waals surface area contributed by atoms with Gasteiger partial charge in [0.25, 0.3) is 0 Å². The fourth-order valence-electron chi connectivity index (χ4n) is 1.64. The quantitative estimate of drug-likeness (QED) is 0.663. The Balaban J connectivity index is 2.52. The molecule has 0 spiro atoms. The molecule has 0 unspecified atom stereocenters. The van der Waals surface area contributed by atoms with Crippen LogP contribution in [0, 0.1) is 0 Å². The average molecular weight is 215 g/mol.